The predicted octanol–water partition coefficient (Wildman–Crippen LogP) is 3.28. The second-order valence-electron chi connectivity index (χ2n) is 8.79. The number of hydrogen-bond acceptors (Lipinski definition) is 6. The molecule has 1 N–H and O–H groups in total. The molecule has 0 aliphatic heterocycles. The van der Waals surface area contributed by atoms with Gasteiger partial charge in [0.25, 0.3) is 5.69 Å². The Morgan fingerprint density at radius 1 is 1.00 bits per heavy atom. The van der Waals surface area contributed by atoms with E-state index in [1.807, 2.05) is 6.07 Å². The molecule has 3 aromatic carbocycles. The van der Waals surface area contributed by atoms with Crippen molar-refractivity contribution >= 4 is 33.2 Å². The largest absolute Gasteiger partial charge is 0.355 e. The average molecular weight is 557 g/mol. The number of likely N-dealkylation sites (N-methyl/N-ethyl adjacent to an activating group) is 1. The molecule has 39 heavy (non-hydrogen) atoms. The Kier molecular flexibility index (Phi) is 9.72. The van der Waals surface area contributed by atoms with Crippen molar-refractivity contribution in [3.63, 3.8) is 0 Å². The fourth-order valence-corrected chi connectivity index (χ4v) is 4.85. The van der Waals surface area contributed by atoms with Crippen molar-refractivity contribution in [3.05, 3.63) is 106 Å². The van der Waals surface area contributed by atoms with Crippen LogP contribution < -0.4 is 9.62 Å². The van der Waals surface area contributed by atoms with Crippen LogP contribution in [0.25, 0.3) is 0 Å². The first-order valence-corrected chi connectivity index (χ1v) is 13.9. The van der Waals surface area contributed by atoms with E-state index in [0.717, 1.165) is 22.2 Å². The molecule has 0 unspecified atom stereocenters. The summed E-state index contributed by atoms with van der Waals surface area (Å²) < 4.78 is 39.8. The van der Waals surface area contributed by atoms with Gasteiger partial charge in [-0.25, -0.2) is 12.8 Å². The lowest BCUT2D eigenvalue weighted by molar-refractivity contribution is -0.384. The lowest BCUT2D eigenvalue weighted by atomic mass is 10.0. The topological polar surface area (TPSA) is 130 Å². The molecule has 12 heteroatoms. The van der Waals surface area contributed by atoms with Crippen molar-refractivity contribution in [2.75, 3.05) is 23.7 Å². The van der Waals surface area contributed by atoms with Gasteiger partial charge in [-0.2, -0.15) is 0 Å². The van der Waals surface area contributed by atoms with Crippen LogP contribution in [0.4, 0.5) is 15.8 Å². The van der Waals surface area contributed by atoms with Gasteiger partial charge in [0.2, 0.25) is 21.8 Å². The van der Waals surface area contributed by atoms with Crippen LogP contribution in [0.1, 0.15) is 18.1 Å². The number of nitrogens with zero attached hydrogens (tertiary/aromatic N) is 3. The van der Waals surface area contributed by atoms with E-state index in [1.165, 1.54) is 47.4 Å². The molecule has 0 aliphatic rings. The third kappa shape index (κ3) is 8.08. The molecule has 0 bridgehead atoms. The summed E-state index contributed by atoms with van der Waals surface area (Å²) in [4.78, 5) is 38.9. The van der Waals surface area contributed by atoms with Gasteiger partial charge in [0.15, 0.2) is 0 Å². The summed E-state index contributed by atoms with van der Waals surface area (Å²) >= 11 is 0. The molecule has 0 saturated heterocycles. The Morgan fingerprint density at radius 2 is 1.67 bits per heavy atom. The zero-order valence-corrected chi connectivity index (χ0v) is 22.3. The van der Waals surface area contributed by atoms with E-state index in [-0.39, 0.29) is 24.3 Å². The molecule has 206 valence electrons. The van der Waals surface area contributed by atoms with Gasteiger partial charge in [0.05, 0.1) is 16.9 Å². The molecule has 3 rings (SSSR count). The maximum absolute atomic E-state index is 13.8. The Bertz CT molecular complexity index is 1420. The highest BCUT2D eigenvalue weighted by molar-refractivity contribution is 7.92. The van der Waals surface area contributed by atoms with Crippen LogP contribution in [-0.4, -0.2) is 55.4 Å². The molecule has 0 aliphatic carbocycles. The maximum Gasteiger partial charge on any atom is 0.271 e. The fraction of sp³-hybridized carbons (Fsp3) is 0.259. The number of sulfonamides is 1. The van der Waals surface area contributed by atoms with Crippen LogP contribution in [-0.2, 0) is 32.6 Å². The van der Waals surface area contributed by atoms with Crippen LogP contribution in [0, 0.1) is 15.9 Å². The van der Waals surface area contributed by atoms with Crippen molar-refractivity contribution in [1.82, 2.24) is 10.2 Å². The number of benzene rings is 3. The number of carbonyl (C=O) groups excluding carboxylic acids is 2. The monoisotopic (exact) mass is 556 g/mol. The van der Waals surface area contributed by atoms with E-state index in [0.29, 0.717) is 12.1 Å². The number of halogens is 1. The number of rotatable bonds is 12. The summed E-state index contributed by atoms with van der Waals surface area (Å²) in [7, 11) is -4.07. The van der Waals surface area contributed by atoms with E-state index < -0.39 is 45.2 Å². The Morgan fingerprint density at radius 3 is 2.26 bits per heavy atom. The van der Waals surface area contributed by atoms with E-state index in [4.69, 9.17) is 0 Å². The molecule has 0 aromatic heterocycles. The quantitative estimate of drug-likeness (QED) is 0.269. The summed E-state index contributed by atoms with van der Waals surface area (Å²) in [6.07, 6.45) is 1.02. The first kappa shape index (κ1) is 29.2. The van der Waals surface area contributed by atoms with Gasteiger partial charge in [0.1, 0.15) is 18.4 Å². The second-order valence-corrected chi connectivity index (χ2v) is 10.7. The second kappa shape index (κ2) is 13.0. The fourth-order valence-electron chi connectivity index (χ4n) is 4.01. The zero-order chi connectivity index (χ0) is 28.6. The molecule has 0 fully saturated rings. The van der Waals surface area contributed by atoms with Crippen LogP contribution >= 0.6 is 0 Å². The average Bonchev–Trinajstić information content (AvgIpc) is 2.90. The first-order valence-electron chi connectivity index (χ1n) is 12.1. The minimum Gasteiger partial charge on any atom is -0.355 e. The highest BCUT2D eigenvalue weighted by atomic mass is 32.2. The molecule has 3 aromatic rings. The zero-order valence-electron chi connectivity index (χ0n) is 21.5. The number of hydrogen-bond donors (Lipinski definition) is 1. The summed E-state index contributed by atoms with van der Waals surface area (Å²) in [6.45, 7) is 1.20. The van der Waals surface area contributed by atoms with Crippen LogP contribution in [0.15, 0.2) is 78.9 Å². The van der Waals surface area contributed by atoms with E-state index in [1.54, 1.807) is 31.2 Å². The Labute approximate surface area is 226 Å². The van der Waals surface area contributed by atoms with Crippen molar-refractivity contribution in [2.24, 2.45) is 0 Å². The molecular formula is C27H29FN4O6S. The van der Waals surface area contributed by atoms with Crippen LogP contribution in [0.2, 0.25) is 0 Å². The SMILES string of the molecule is CCNC(=O)[C@@H](Cc1ccccc1)N(Cc1ccc(F)cc1)C(=O)CN(c1cccc([N+](=O)[O-])c1)S(C)(=O)=O. The van der Waals surface area contributed by atoms with E-state index in [9.17, 15) is 32.5 Å². The third-order valence-electron chi connectivity index (χ3n) is 5.90. The van der Waals surface area contributed by atoms with Crippen molar-refractivity contribution in [1.29, 1.82) is 0 Å². The van der Waals surface area contributed by atoms with Crippen LogP contribution in [0.5, 0.6) is 0 Å². The number of nitrogens with one attached hydrogen (secondary N) is 1. The number of nitro groups is 1. The summed E-state index contributed by atoms with van der Waals surface area (Å²) in [5, 5.41) is 14.0. The van der Waals surface area contributed by atoms with Crippen molar-refractivity contribution in [3.8, 4) is 0 Å². The third-order valence-corrected chi connectivity index (χ3v) is 7.04. The minimum atomic E-state index is -4.07. The van der Waals surface area contributed by atoms with Gasteiger partial charge in [-0.1, -0.05) is 48.5 Å². The maximum atomic E-state index is 13.8. The normalized spacial score (nSPS) is 11.9. The number of amides is 2. The molecule has 0 radical (unpaired) electrons. The number of non-ortho nitro benzene ring substituents is 1. The van der Waals surface area contributed by atoms with Crippen molar-refractivity contribution < 1.29 is 27.3 Å². The minimum absolute atomic E-state index is 0.0700. The number of carbonyl (C=O) groups is 2. The van der Waals surface area contributed by atoms with Gasteiger partial charge in [-0.15, -0.1) is 0 Å². The Balaban J connectivity index is 2.05. The van der Waals surface area contributed by atoms with Gasteiger partial charge in [-0.05, 0) is 36.2 Å². The van der Waals surface area contributed by atoms with Crippen molar-refractivity contribution in [2.45, 2.75) is 25.9 Å². The molecule has 2 amide bonds. The van der Waals surface area contributed by atoms with Gasteiger partial charge in [-0.3, -0.25) is 24.0 Å². The van der Waals surface area contributed by atoms with Gasteiger partial charge >= 0.3 is 0 Å². The molecular weight excluding hydrogens is 527 g/mol. The standard InChI is InChI=1S/C27H29FN4O6S/c1-3-29-27(34)25(16-20-8-5-4-6-9-20)30(18-21-12-14-22(28)15-13-21)26(33)19-31(39(2,37)38)23-10-7-11-24(17-23)32(35)36/h4-15,17,25H,3,16,18-19H2,1-2H3,(H,29,34)/t25-/m1/s1. The molecule has 0 heterocycles. The predicted molar refractivity (Wildman–Crippen MR) is 145 cm³/mol. The van der Waals surface area contributed by atoms with E-state index in [2.05, 4.69) is 5.32 Å². The molecule has 0 spiro atoms. The summed E-state index contributed by atoms with van der Waals surface area (Å²) in [6, 6.07) is 18.3. The highest BCUT2D eigenvalue weighted by Crippen LogP contribution is 2.24. The lowest BCUT2D eigenvalue weighted by Gasteiger charge is -2.33. The Hall–Kier alpha value is -4.32. The highest BCUT2D eigenvalue weighted by Gasteiger charge is 2.33. The van der Waals surface area contributed by atoms with Crippen LogP contribution in [0.3, 0.4) is 0 Å². The lowest BCUT2D eigenvalue weighted by Crippen LogP contribution is -2.53. The molecule has 1 atom stereocenters. The van der Waals surface area contributed by atoms with E-state index >= 15 is 0 Å². The molecule has 10 nitrogen and oxygen atoms in total. The van der Waals surface area contributed by atoms with Gasteiger partial charge < -0.3 is 10.2 Å². The summed E-state index contributed by atoms with van der Waals surface area (Å²) in [5.41, 5.74) is 0.873. The number of anilines is 1. The smallest absolute Gasteiger partial charge is 0.271 e. The number of nitro benzene ring substituents is 1. The molecule has 0 saturated carbocycles. The first-order chi connectivity index (χ1) is 18.5. The summed E-state index contributed by atoms with van der Waals surface area (Å²) in [5.74, 6) is -1.64. The van der Waals surface area contributed by atoms with Gasteiger partial charge in [0, 0.05) is 31.6 Å².